The maximum Gasteiger partial charge on any atom is 0.398 e. The molecule has 0 unspecified atom stereocenters. The fraction of sp³-hybridized carbons (Fsp3) is 0.760. The molecular weight excluding hydrogens is 406 g/mol. The van der Waals surface area contributed by atoms with Crippen LogP contribution in [0.3, 0.4) is 0 Å². The Morgan fingerprint density at radius 2 is 1.32 bits per heavy atom. The predicted octanol–water partition coefficient (Wildman–Crippen LogP) is 8.56. The van der Waals surface area contributed by atoms with Crippen LogP contribution in [0.15, 0.2) is 24.3 Å². The third-order valence-corrected chi connectivity index (χ3v) is 9.52. The van der Waals surface area contributed by atoms with E-state index in [-0.39, 0.29) is 10.6 Å². The highest BCUT2D eigenvalue weighted by atomic mass is 28.4. The number of hydrogen-bond acceptors (Lipinski definition) is 4. The second-order valence-corrected chi connectivity index (χ2v) is 12.3. The summed E-state index contributed by atoms with van der Waals surface area (Å²) in [7, 11) is -2.37. The molecule has 1 aromatic carbocycles. The van der Waals surface area contributed by atoms with Gasteiger partial charge in [0.15, 0.2) is 0 Å². The van der Waals surface area contributed by atoms with Crippen LogP contribution in [0.25, 0.3) is 0 Å². The van der Waals surface area contributed by atoms with Crippen molar-refractivity contribution in [1.29, 1.82) is 0 Å². The van der Waals surface area contributed by atoms with E-state index >= 15 is 0 Å². The van der Waals surface area contributed by atoms with Gasteiger partial charge in [-0.05, 0) is 24.6 Å². The van der Waals surface area contributed by atoms with Crippen molar-refractivity contribution in [1.82, 2.24) is 0 Å². The monoisotopic (exact) mass is 451 g/mol. The molecule has 0 aliphatic carbocycles. The summed E-state index contributed by atoms with van der Waals surface area (Å²) in [6, 6.07) is 8.12. The number of rotatable bonds is 20. The van der Waals surface area contributed by atoms with Crippen LogP contribution < -0.4 is 4.43 Å². The highest BCUT2D eigenvalue weighted by Crippen LogP contribution is 2.26. The first-order valence-corrected chi connectivity index (χ1v) is 14.9. The summed E-state index contributed by atoms with van der Waals surface area (Å²) in [5, 5.41) is 11.0. The van der Waals surface area contributed by atoms with E-state index in [2.05, 4.69) is 20.8 Å². The third kappa shape index (κ3) is 12.3. The van der Waals surface area contributed by atoms with Crippen molar-refractivity contribution < 1.29 is 13.8 Å². The number of nitro benzene ring substituents is 1. The molecule has 0 spiro atoms. The molecule has 0 radical (unpaired) electrons. The second kappa shape index (κ2) is 17.2. The summed E-state index contributed by atoms with van der Waals surface area (Å²) in [6.45, 7) is 7.18. The zero-order valence-electron chi connectivity index (χ0n) is 20.2. The summed E-state index contributed by atoms with van der Waals surface area (Å²) in [6.07, 6.45) is 17.4. The Labute approximate surface area is 191 Å². The number of nitro groups is 1. The molecule has 0 bridgehead atoms. The van der Waals surface area contributed by atoms with Gasteiger partial charge < -0.3 is 8.85 Å². The first kappa shape index (κ1) is 27.6. The van der Waals surface area contributed by atoms with Crippen LogP contribution in [-0.4, -0.2) is 20.1 Å². The van der Waals surface area contributed by atoms with Crippen molar-refractivity contribution in [2.45, 2.75) is 116 Å². The van der Waals surface area contributed by atoms with Crippen LogP contribution in [0.1, 0.15) is 104 Å². The molecule has 178 valence electrons. The predicted molar refractivity (Wildman–Crippen MR) is 132 cm³/mol. The molecule has 0 aromatic heterocycles. The Bertz CT molecular complexity index is 593. The molecule has 1 rings (SSSR count). The number of nitrogens with zero attached hydrogens (tertiary/aromatic N) is 1. The zero-order valence-corrected chi connectivity index (χ0v) is 21.2. The van der Waals surface area contributed by atoms with E-state index in [1.807, 2.05) is 0 Å². The molecular formula is C25H45NO4Si. The lowest BCUT2D eigenvalue weighted by Gasteiger charge is -2.29. The molecule has 0 aliphatic rings. The van der Waals surface area contributed by atoms with Gasteiger partial charge in [-0.15, -0.1) is 0 Å². The Morgan fingerprint density at radius 1 is 0.806 bits per heavy atom. The highest BCUT2D eigenvalue weighted by molar-refractivity contribution is 6.68. The number of hydrogen-bond donors (Lipinski definition) is 0. The molecule has 0 fully saturated rings. The minimum Gasteiger partial charge on any atom is -0.520 e. The van der Waals surface area contributed by atoms with Crippen LogP contribution in [0.2, 0.25) is 12.1 Å². The smallest absolute Gasteiger partial charge is 0.398 e. The van der Waals surface area contributed by atoms with Gasteiger partial charge in [-0.3, -0.25) is 10.1 Å². The molecule has 5 nitrogen and oxygen atoms in total. The molecule has 0 N–H and O–H groups in total. The van der Waals surface area contributed by atoms with Crippen LogP contribution in [-0.2, 0) is 4.43 Å². The van der Waals surface area contributed by atoms with Gasteiger partial charge >= 0.3 is 8.56 Å². The standard InChI is InChI=1S/C25H45NO4Si/c1-4-7-8-9-10-11-12-13-14-15-16-17-18-22-29-31(5-2,6-3)30-25-21-19-20-24(23-25)26(27)28/h19-21,23H,4-18,22H2,1-3H3. The fourth-order valence-corrected chi connectivity index (χ4v) is 6.21. The summed E-state index contributed by atoms with van der Waals surface area (Å²) in [5.74, 6) is 0.551. The quantitative estimate of drug-likeness (QED) is 0.0862. The molecule has 0 heterocycles. The Hall–Kier alpha value is -1.40. The molecule has 6 heteroatoms. The van der Waals surface area contributed by atoms with Crippen LogP contribution in [0, 0.1) is 10.1 Å². The number of benzene rings is 1. The van der Waals surface area contributed by atoms with Crippen molar-refractivity contribution in [3.8, 4) is 5.75 Å². The van der Waals surface area contributed by atoms with Gasteiger partial charge in [0.2, 0.25) is 0 Å². The molecule has 0 atom stereocenters. The Balaban J connectivity index is 2.17. The van der Waals surface area contributed by atoms with E-state index < -0.39 is 8.56 Å². The molecule has 0 aliphatic heterocycles. The normalized spacial score (nSPS) is 11.6. The molecule has 0 saturated heterocycles. The minimum absolute atomic E-state index is 0.0594. The van der Waals surface area contributed by atoms with E-state index in [1.165, 1.54) is 89.2 Å². The average Bonchev–Trinajstić information content (AvgIpc) is 2.78. The highest BCUT2D eigenvalue weighted by Gasteiger charge is 2.36. The first-order valence-electron chi connectivity index (χ1n) is 12.6. The molecule has 0 saturated carbocycles. The van der Waals surface area contributed by atoms with Crippen molar-refractivity contribution in [3.63, 3.8) is 0 Å². The summed E-state index contributed by atoms with van der Waals surface area (Å²) in [4.78, 5) is 10.6. The van der Waals surface area contributed by atoms with E-state index in [9.17, 15) is 10.1 Å². The summed E-state index contributed by atoms with van der Waals surface area (Å²) < 4.78 is 12.5. The minimum atomic E-state index is -2.37. The summed E-state index contributed by atoms with van der Waals surface area (Å²) >= 11 is 0. The molecule has 1 aromatic rings. The lowest BCUT2D eigenvalue weighted by atomic mass is 10.0. The summed E-state index contributed by atoms with van der Waals surface area (Å²) in [5.41, 5.74) is 0.0594. The second-order valence-electron chi connectivity index (χ2n) is 8.57. The van der Waals surface area contributed by atoms with Gasteiger partial charge in [0.05, 0.1) is 11.0 Å². The third-order valence-electron chi connectivity index (χ3n) is 6.02. The molecule has 0 amide bonds. The van der Waals surface area contributed by atoms with Crippen molar-refractivity contribution >= 4 is 14.2 Å². The lowest BCUT2D eigenvalue weighted by Crippen LogP contribution is -2.44. The van der Waals surface area contributed by atoms with E-state index in [4.69, 9.17) is 8.85 Å². The topological polar surface area (TPSA) is 61.6 Å². The van der Waals surface area contributed by atoms with Gasteiger partial charge in [0.1, 0.15) is 5.75 Å². The number of non-ortho nitro benzene ring substituents is 1. The maximum atomic E-state index is 11.0. The van der Waals surface area contributed by atoms with Gasteiger partial charge in [-0.25, -0.2) is 0 Å². The lowest BCUT2D eigenvalue weighted by molar-refractivity contribution is -0.384. The fourth-order valence-electron chi connectivity index (χ4n) is 3.88. The van der Waals surface area contributed by atoms with E-state index in [1.54, 1.807) is 12.1 Å². The van der Waals surface area contributed by atoms with Gasteiger partial charge in [0, 0.05) is 12.7 Å². The number of unbranched alkanes of at least 4 members (excludes halogenated alkanes) is 12. The van der Waals surface area contributed by atoms with E-state index in [0.717, 1.165) is 25.1 Å². The van der Waals surface area contributed by atoms with Gasteiger partial charge in [0.25, 0.3) is 5.69 Å². The van der Waals surface area contributed by atoms with Crippen molar-refractivity contribution in [2.24, 2.45) is 0 Å². The first-order chi connectivity index (χ1) is 15.1. The van der Waals surface area contributed by atoms with Gasteiger partial charge in [-0.2, -0.15) is 0 Å². The van der Waals surface area contributed by atoms with Crippen LogP contribution in [0.5, 0.6) is 5.75 Å². The van der Waals surface area contributed by atoms with Crippen LogP contribution in [0.4, 0.5) is 5.69 Å². The van der Waals surface area contributed by atoms with Gasteiger partial charge in [-0.1, -0.05) is 104 Å². The molecule has 31 heavy (non-hydrogen) atoms. The van der Waals surface area contributed by atoms with Crippen molar-refractivity contribution in [2.75, 3.05) is 6.61 Å². The van der Waals surface area contributed by atoms with E-state index in [0.29, 0.717) is 5.75 Å². The van der Waals surface area contributed by atoms with Crippen LogP contribution >= 0.6 is 0 Å². The maximum absolute atomic E-state index is 11.0. The Kier molecular flexibility index (Phi) is 15.3. The zero-order chi connectivity index (χ0) is 22.8. The SMILES string of the molecule is CCCCCCCCCCCCCCCO[Si](CC)(CC)Oc1cccc([N+](=O)[O-])c1. The largest absolute Gasteiger partial charge is 0.520 e. The van der Waals surface area contributed by atoms with Crippen molar-refractivity contribution in [3.05, 3.63) is 34.4 Å². The Morgan fingerprint density at radius 3 is 1.81 bits per heavy atom. The average molecular weight is 452 g/mol.